The minimum Gasteiger partial charge on any atom is -0.335 e. The molecule has 6 rings (SSSR count). The number of thioether (sulfide) groups is 1. The third-order valence-corrected chi connectivity index (χ3v) is 6.53. The number of nitrogens with zero attached hydrogens (tertiary/aromatic N) is 5. The second-order valence-corrected chi connectivity index (χ2v) is 8.67. The molecule has 1 aliphatic carbocycles. The first-order chi connectivity index (χ1) is 15.2. The summed E-state index contributed by atoms with van der Waals surface area (Å²) in [5, 5.41) is 18.0. The van der Waals surface area contributed by atoms with Crippen LogP contribution in [0.1, 0.15) is 40.5 Å². The van der Waals surface area contributed by atoms with Crippen molar-refractivity contribution < 1.29 is 9.32 Å². The molecule has 0 unspecified atom stereocenters. The Hall–Kier alpha value is -3.64. The van der Waals surface area contributed by atoms with Crippen LogP contribution < -0.4 is 5.32 Å². The lowest BCUT2D eigenvalue weighted by molar-refractivity contribution is 0.102. The summed E-state index contributed by atoms with van der Waals surface area (Å²) in [6.07, 6.45) is 2.09. The number of hydrogen-bond acceptors (Lipinski definition) is 7. The molecule has 0 saturated heterocycles. The quantitative estimate of drug-likeness (QED) is 0.519. The number of anilines is 1. The van der Waals surface area contributed by atoms with E-state index in [4.69, 9.17) is 4.52 Å². The average Bonchev–Trinajstić information content (AvgIpc) is 3.26. The Balaban J connectivity index is 1.47. The number of fused-ring (bicyclic) bond motifs is 2. The predicted molar refractivity (Wildman–Crippen MR) is 115 cm³/mol. The fourth-order valence-corrected chi connectivity index (χ4v) is 4.83. The van der Waals surface area contributed by atoms with E-state index in [2.05, 4.69) is 26.5 Å². The van der Waals surface area contributed by atoms with Gasteiger partial charge in [0.1, 0.15) is 11.8 Å². The molecule has 1 aromatic carbocycles. The molecule has 9 heteroatoms. The number of carbonyl (C=O) groups excluding carboxylic acids is 1. The normalized spacial score (nSPS) is 15.1. The van der Waals surface area contributed by atoms with Crippen LogP contribution in [0, 0.1) is 11.3 Å². The first-order valence-electron chi connectivity index (χ1n) is 10.0. The summed E-state index contributed by atoms with van der Waals surface area (Å²) in [7, 11) is 0. The molecular weight excluding hydrogens is 412 g/mol. The molecule has 1 saturated carbocycles. The molecule has 1 N–H and O–H groups in total. The summed E-state index contributed by atoms with van der Waals surface area (Å²) in [6.45, 7) is 0.709. The number of amides is 1. The van der Waals surface area contributed by atoms with Crippen LogP contribution in [0.5, 0.6) is 0 Å². The molecule has 152 valence electrons. The molecule has 1 aliphatic heterocycles. The van der Waals surface area contributed by atoms with Crippen molar-refractivity contribution >= 4 is 34.6 Å². The fraction of sp³-hybridized carbons (Fsp3) is 0.227. The number of aromatic nitrogens is 4. The summed E-state index contributed by atoms with van der Waals surface area (Å²) in [5.41, 5.74) is 3.38. The van der Waals surface area contributed by atoms with Gasteiger partial charge < -0.3 is 14.4 Å². The highest BCUT2D eigenvalue weighted by molar-refractivity contribution is 7.99. The first kappa shape index (κ1) is 18.2. The highest BCUT2D eigenvalue weighted by Crippen LogP contribution is 2.41. The summed E-state index contributed by atoms with van der Waals surface area (Å²) >= 11 is 1.57. The van der Waals surface area contributed by atoms with Crippen molar-refractivity contribution in [1.29, 1.82) is 5.26 Å². The second-order valence-electron chi connectivity index (χ2n) is 7.60. The molecule has 0 spiro atoms. The van der Waals surface area contributed by atoms with Crippen LogP contribution >= 0.6 is 11.8 Å². The SMILES string of the molecule is N#Cc1c(NC(=O)c2cc(C3CC3)nc3onc(-c4ccccc4)c23)nc2n1CCS2. The Morgan fingerprint density at radius 1 is 1.26 bits per heavy atom. The molecule has 31 heavy (non-hydrogen) atoms. The largest absolute Gasteiger partial charge is 0.335 e. The molecule has 8 nitrogen and oxygen atoms in total. The van der Waals surface area contributed by atoms with E-state index in [-0.39, 0.29) is 11.7 Å². The Morgan fingerprint density at radius 2 is 2.10 bits per heavy atom. The smallest absolute Gasteiger partial charge is 0.259 e. The van der Waals surface area contributed by atoms with E-state index in [9.17, 15) is 10.1 Å². The summed E-state index contributed by atoms with van der Waals surface area (Å²) in [5.74, 6) is 1.14. The van der Waals surface area contributed by atoms with Crippen molar-refractivity contribution in [3.05, 3.63) is 53.3 Å². The van der Waals surface area contributed by atoms with E-state index in [0.29, 0.717) is 40.5 Å². The molecule has 1 amide bonds. The monoisotopic (exact) mass is 428 g/mol. The van der Waals surface area contributed by atoms with Crippen molar-refractivity contribution in [1.82, 2.24) is 19.7 Å². The third-order valence-electron chi connectivity index (χ3n) is 5.57. The molecular formula is C22H16N6O2S. The maximum absolute atomic E-state index is 13.4. The zero-order valence-electron chi connectivity index (χ0n) is 16.3. The summed E-state index contributed by atoms with van der Waals surface area (Å²) in [4.78, 5) is 22.5. The Labute approximate surface area is 181 Å². The van der Waals surface area contributed by atoms with Gasteiger partial charge in [0.05, 0.1) is 10.9 Å². The second kappa shape index (κ2) is 6.96. The van der Waals surface area contributed by atoms with Gasteiger partial charge in [0, 0.05) is 29.5 Å². The summed E-state index contributed by atoms with van der Waals surface area (Å²) in [6, 6.07) is 13.6. The van der Waals surface area contributed by atoms with Crippen LogP contribution in [-0.4, -0.2) is 31.4 Å². The van der Waals surface area contributed by atoms with Crippen LogP contribution in [0.2, 0.25) is 0 Å². The molecule has 0 bridgehead atoms. The highest BCUT2D eigenvalue weighted by atomic mass is 32.2. The molecule has 1 fully saturated rings. The lowest BCUT2D eigenvalue weighted by Crippen LogP contribution is -2.15. The maximum atomic E-state index is 13.4. The van der Waals surface area contributed by atoms with E-state index in [1.165, 1.54) is 0 Å². The van der Waals surface area contributed by atoms with Crippen molar-refractivity contribution in [3.63, 3.8) is 0 Å². The lowest BCUT2D eigenvalue weighted by atomic mass is 10.0. The van der Waals surface area contributed by atoms with Crippen LogP contribution in [0.25, 0.3) is 22.4 Å². The van der Waals surface area contributed by atoms with Crippen LogP contribution in [0.4, 0.5) is 5.82 Å². The number of carbonyl (C=O) groups is 1. The van der Waals surface area contributed by atoms with Gasteiger partial charge >= 0.3 is 0 Å². The number of nitriles is 1. The number of hydrogen-bond donors (Lipinski definition) is 1. The molecule has 4 aromatic rings. The number of nitrogens with one attached hydrogen (secondary N) is 1. The van der Waals surface area contributed by atoms with E-state index >= 15 is 0 Å². The fourth-order valence-electron chi connectivity index (χ4n) is 3.88. The molecule has 4 heterocycles. The molecule has 3 aromatic heterocycles. The van der Waals surface area contributed by atoms with E-state index in [1.807, 2.05) is 41.0 Å². The predicted octanol–water partition coefficient (Wildman–Crippen LogP) is 4.19. The number of benzene rings is 1. The van der Waals surface area contributed by atoms with E-state index in [1.54, 1.807) is 11.8 Å². The van der Waals surface area contributed by atoms with E-state index < -0.39 is 0 Å². The number of rotatable bonds is 4. The summed E-state index contributed by atoms with van der Waals surface area (Å²) < 4.78 is 7.38. The minimum atomic E-state index is -0.354. The van der Waals surface area contributed by atoms with Crippen molar-refractivity contribution in [2.75, 3.05) is 11.1 Å². The highest BCUT2D eigenvalue weighted by Gasteiger charge is 2.30. The Morgan fingerprint density at radius 3 is 2.87 bits per heavy atom. The van der Waals surface area contributed by atoms with Gasteiger partial charge in [0.2, 0.25) is 0 Å². The number of imidazole rings is 1. The van der Waals surface area contributed by atoms with Gasteiger partial charge in [-0.1, -0.05) is 47.3 Å². The third kappa shape index (κ3) is 2.99. The van der Waals surface area contributed by atoms with Crippen LogP contribution in [0.3, 0.4) is 0 Å². The lowest BCUT2D eigenvalue weighted by Gasteiger charge is -2.08. The molecule has 0 radical (unpaired) electrons. The molecule has 2 aliphatic rings. The Kier molecular flexibility index (Phi) is 4.07. The van der Waals surface area contributed by atoms with E-state index in [0.717, 1.165) is 35.0 Å². The topological polar surface area (TPSA) is 110 Å². The minimum absolute atomic E-state index is 0.283. The zero-order valence-corrected chi connectivity index (χ0v) is 17.1. The average molecular weight is 428 g/mol. The van der Waals surface area contributed by atoms with Crippen molar-refractivity contribution in [2.45, 2.75) is 30.5 Å². The van der Waals surface area contributed by atoms with Crippen molar-refractivity contribution in [3.8, 4) is 17.3 Å². The molecule has 0 atom stereocenters. The van der Waals surface area contributed by atoms with Crippen LogP contribution in [0.15, 0.2) is 46.1 Å². The zero-order chi connectivity index (χ0) is 20.9. The maximum Gasteiger partial charge on any atom is 0.259 e. The Bertz CT molecular complexity index is 1380. The number of pyridine rings is 1. The van der Waals surface area contributed by atoms with Crippen LogP contribution in [-0.2, 0) is 6.54 Å². The van der Waals surface area contributed by atoms with Crippen molar-refractivity contribution in [2.24, 2.45) is 0 Å². The van der Waals surface area contributed by atoms with Gasteiger partial charge in [0.25, 0.3) is 11.6 Å². The van der Waals surface area contributed by atoms with Gasteiger partial charge in [-0.25, -0.2) is 9.97 Å². The van der Waals surface area contributed by atoms with Gasteiger partial charge in [-0.15, -0.1) is 0 Å². The van der Waals surface area contributed by atoms with Gasteiger partial charge in [-0.05, 0) is 18.9 Å². The van der Waals surface area contributed by atoms with Gasteiger partial charge in [0.15, 0.2) is 16.7 Å². The standard InChI is InChI=1S/C22H16N6O2S/c23-11-16-19(26-22-28(16)8-9-31-22)25-20(29)14-10-15(12-6-7-12)24-21-17(14)18(27-30-21)13-4-2-1-3-5-13/h1-5,10,12H,6-9H2,(H,25,29). The van der Waals surface area contributed by atoms with Gasteiger partial charge in [-0.3, -0.25) is 4.79 Å². The first-order valence-corrected chi connectivity index (χ1v) is 11.0. The van der Waals surface area contributed by atoms with Gasteiger partial charge in [-0.2, -0.15) is 5.26 Å².